The van der Waals surface area contributed by atoms with Gasteiger partial charge in [0, 0.05) is 25.0 Å². The number of nitrogens with zero attached hydrogens (tertiary/aromatic N) is 3. The van der Waals surface area contributed by atoms with Crippen LogP contribution in [0.1, 0.15) is 21.7 Å². The van der Waals surface area contributed by atoms with Crippen LogP contribution in [-0.2, 0) is 6.54 Å². The number of aromatic nitrogens is 2. The van der Waals surface area contributed by atoms with Crippen molar-refractivity contribution in [3.8, 4) is 11.8 Å². The van der Waals surface area contributed by atoms with E-state index in [0.29, 0.717) is 6.54 Å². The normalized spacial score (nSPS) is 10.4. The summed E-state index contributed by atoms with van der Waals surface area (Å²) in [5.41, 5.74) is 0.168. The monoisotopic (exact) mass is 334 g/mol. The zero-order chi connectivity index (χ0) is 18.0. The lowest BCUT2D eigenvalue weighted by Gasteiger charge is -2.18. The van der Waals surface area contributed by atoms with Crippen molar-refractivity contribution in [2.75, 3.05) is 7.05 Å². The summed E-state index contributed by atoms with van der Waals surface area (Å²) in [7, 11) is 1.57. The molecule has 0 saturated carbocycles. The molecule has 0 bridgehead atoms. The molecule has 0 radical (unpaired) electrons. The van der Waals surface area contributed by atoms with E-state index in [1.165, 1.54) is 17.0 Å². The zero-order valence-electron chi connectivity index (χ0n) is 13.4. The highest BCUT2D eigenvalue weighted by molar-refractivity contribution is 6.01. The van der Waals surface area contributed by atoms with Gasteiger partial charge in [0.25, 0.3) is 5.91 Å². The van der Waals surface area contributed by atoms with Crippen LogP contribution in [0.15, 0.2) is 47.3 Å². The Labute approximate surface area is 142 Å². The smallest absolute Gasteiger partial charge is 0.276 e. The Morgan fingerprint density at radius 2 is 2.00 bits per heavy atom. The average molecular weight is 334 g/mol. The number of nitrogens with one attached hydrogen (secondary N) is 1. The Morgan fingerprint density at radius 3 is 2.68 bits per heavy atom. The lowest BCUT2D eigenvalue weighted by molar-refractivity contribution is 0.0776. The summed E-state index contributed by atoms with van der Waals surface area (Å²) in [5.74, 6) is -0.999. The molecular weight excluding hydrogens is 320 g/mol. The van der Waals surface area contributed by atoms with E-state index in [9.17, 15) is 20.0 Å². The number of hydrogen-bond donors (Lipinski definition) is 2. The Morgan fingerprint density at radius 1 is 1.28 bits per heavy atom. The van der Waals surface area contributed by atoms with Gasteiger partial charge in [-0.1, -0.05) is 30.3 Å². The van der Waals surface area contributed by atoms with Gasteiger partial charge in [-0.3, -0.25) is 9.59 Å². The minimum Gasteiger partial charge on any atom is -0.504 e. The molecule has 2 heterocycles. The molecule has 0 spiro atoms. The number of nitriles is 1. The summed E-state index contributed by atoms with van der Waals surface area (Å²) in [6.45, 7) is 0.312. The first-order valence-electron chi connectivity index (χ1n) is 7.46. The van der Waals surface area contributed by atoms with E-state index >= 15 is 0 Å². The summed E-state index contributed by atoms with van der Waals surface area (Å²) < 4.78 is 0. The second kappa shape index (κ2) is 6.45. The molecule has 0 aliphatic carbocycles. The van der Waals surface area contributed by atoms with Gasteiger partial charge in [0.1, 0.15) is 6.07 Å². The molecule has 2 aromatic heterocycles. The molecule has 0 atom stereocenters. The van der Waals surface area contributed by atoms with Gasteiger partial charge in [0.15, 0.2) is 17.1 Å². The van der Waals surface area contributed by atoms with Gasteiger partial charge < -0.3 is 15.0 Å². The highest BCUT2D eigenvalue weighted by Gasteiger charge is 2.22. The van der Waals surface area contributed by atoms with Gasteiger partial charge in [-0.05, 0) is 11.6 Å². The van der Waals surface area contributed by atoms with Crippen LogP contribution >= 0.6 is 0 Å². The molecule has 1 aromatic carbocycles. The van der Waals surface area contributed by atoms with Crippen LogP contribution in [0.4, 0.5) is 0 Å². The van der Waals surface area contributed by atoms with E-state index in [1.807, 2.05) is 36.4 Å². The molecule has 0 saturated heterocycles. The van der Waals surface area contributed by atoms with Crippen LogP contribution in [0, 0.1) is 11.3 Å². The number of pyridine rings is 2. The van der Waals surface area contributed by atoms with Crippen LogP contribution in [0.2, 0.25) is 0 Å². The Balaban J connectivity index is 2.05. The lowest BCUT2D eigenvalue weighted by Crippen LogP contribution is -2.27. The van der Waals surface area contributed by atoms with Crippen molar-refractivity contribution in [3.63, 3.8) is 0 Å². The number of benzene rings is 1. The summed E-state index contributed by atoms with van der Waals surface area (Å²) in [6.07, 6.45) is 0. The van der Waals surface area contributed by atoms with Crippen molar-refractivity contribution in [2.45, 2.75) is 6.54 Å². The van der Waals surface area contributed by atoms with Gasteiger partial charge in [-0.2, -0.15) is 5.26 Å². The fraction of sp³-hybridized carbons (Fsp3) is 0.111. The first-order valence-corrected chi connectivity index (χ1v) is 7.46. The fourth-order valence-corrected chi connectivity index (χ4v) is 2.55. The van der Waals surface area contributed by atoms with Gasteiger partial charge in [-0.25, -0.2) is 4.98 Å². The maximum atomic E-state index is 12.7. The third kappa shape index (κ3) is 3.05. The summed E-state index contributed by atoms with van der Waals surface area (Å²) in [5, 5.41) is 19.9. The first kappa shape index (κ1) is 16.2. The van der Waals surface area contributed by atoms with Gasteiger partial charge in [0.2, 0.25) is 5.56 Å². The summed E-state index contributed by atoms with van der Waals surface area (Å²) in [4.78, 5) is 32.0. The van der Waals surface area contributed by atoms with Gasteiger partial charge in [0.05, 0.1) is 5.52 Å². The molecule has 7 nitrogen and oxygen atoms in total. The zero-order valence-corrected chi connectivity index (χ0v) is 13.4. The van der Waals surface area contributed by atoms with E-state index in [2.05, 4.69) is 9.97 Å². The number of aromatic amines is 1. The van der Waals surface area contributed by atoms with E-state index < -0.39 is 17.2 Å². The third-order valence-electron chi connectivity index (χ3n) is 3.78. The minimum atomic E-state index is -0.551. The standard InChI is InChI=1S/C18H14N4O3/c1-22(10-11-5-3-2-4-6-11)18(25)16-17(24)15-12(13(9-19)20-16)7-8-14(23)21-15/h2-8,24H,10H2,1H3,(H,21,23). The lowest BCUT2D eigenvalue weighted by atomic mass is 10.1. The third-order valence-corrected chi connectivity index (χ3v) is 3.78. The Hall–Kier alpha value is -3.66. The number of carbonyl (C=O) groups is 1. The van der Waals surface area contributed by atoms with Crippen LogP contribution in [0.3, 0.4) is 0 Å². The molecule has 124 valence electrons. The highest BCUT2D eigenvalue weighted by Crippen LogP contribution is 2.27. The van der Waals surface area contributed by atoms with Crippen molar-refractivity contribution in [3.05, 3.63) is 69.8 Å². The fourth-order valence-electron chi connectivity index (χ4n) is 2.55. The van der Waals surface area contributed by atoms with E-state index in [-0.39, 0.29) is 22.3 Å². The number of carbonyl (C=O) groups excluding carboxylic acids is 1. The Bertz CT molecular complexity index is 1050. The van der Waals surface area contributed by atoms with Crippen molar-refractivity contribution in [1.29, 1.82) is 5.26 Å². The summed E-state index contributed by atoms with van der Waals surface area (Å²) >= 11 is 0. The van der Waals surface area contributed by atoms with Crippen LogP contribution in [-0.4, -0.2) is 32.9 Å². The molecule has 0 unspecified atom stereocenters. The number of amides is 1. The molecule has 25 heavy (non-hydrogen) atoms. The molecule has 3 aromatic rings. The molecule has 7 heteroatoms. The number of fused-ring (bicyclic) bond motifs is 1. The molecule has 0 aliphatic heterocycles. The quantitative estimate of drug-likeness (QED) is 0.758. The number of aromatic hydroxyl groups is 1. The molecule has 1 amide bonds. The predicted octanol–water partition coefficient (Wildman–Crippen LogP) is 1.77. The Kier molecular flexibility index (Phi) is 4.18. The first-order chi connectivity index (χ1) is 12.0. The summed E-state index contributed by atoms with van der Waals surface area (Å²) in [6, 6.07) is 13.8. The minimum absolute atomic E-state index is 0.0236. The number of hydrogen-bond acceptors (Lipinski definition) is 5. The molecular formula is C18H14N4O3. The highest BCUT2D eigenvalue weighted by atomic mass is 16.3. The van der Waals surface area contributed by atoms with Crippen LogP contribution in [0.25, 0.3) is 10.9 Å². The largest absolute Gasteiger partial charge is 0.504 e. The van der Waals surface area contributed by atoms with E-state index in [1.54, 1.807) is 7.05 Å². The number of rotatable bonds is 3. The number of H-pyrrole nitrogens is 1. The van der Waals surface area contributed by atoms with Crippen molar-refractivity contribution in [1.82, 2.24) is 14.9 Å². The van der Waals surface area contributed by atoms with Gasteiger partial charge >= 0.3 is 0 Å². The molecule has 0 aliphatic rings. The van der Waals surface area contributed by atoms with Crippen molar-refractivity contribution >= 4 is 16.8 Å². The molecule has 3 rings (SSSR count). The van der Waals surface area contributed by atoms with E-state index in [4.69, 9.17) is 0 Å². The van der Waals surface area contributed by atoms with Gasteiger partial charge in [-0.15, -0.1) is 0 Å². The molecule has 0 fully saturated rings. The topological polar surface area (TPSA) is 110 Å². The second-order valence-electron chi connectivity index (χ2n) is 5.53. The van der Waals surface area contributed by atoms with E-state index in [0.717, 1.165) is 5.56 Å². The van der Waals surface area contributed by atoms with Crippen LogP contribution in [0.5, 0.6) is 5.75 Å². The predicted molar refractivity (Wildman–Crippen MR) is 91.0 cm³/mol. The second-order valence-corrected chi connectivity index (χ2v) is 5.53. The van der Waals surface area contributed by atoms with Crippen molar-refractivity contribution in [2.24, 2.45) is 0 Å². The maximum Gasteiger partial charge on any atom is 0.276 e. The average Bonchev–Trinajstić information content (AvgIpc) is 2.62. The van der Waals surface area contributed by atoms with Crippen molar-refractivity contribution < 1.29 is 9.90 Å². The maximum absolute atomic E-state index is 12.7. The SMILES string of the molecule is CN(Cc1ccccc1)C(=O)c1nc(C#N)c2ccc(=O)[nH]c2c1O. The molecule has 2 N–H and O–H groups in total. The van der Waals surface area contributed by atoms with Crippen LogP contribution < -0.4 is 5.56 Å².